The van der Waals surface area contributed by atoms with Crippen LogP contribution in [0.1, 0.15) is 26.2 Å². The number of carbonyl (C=O) groups excluding carboxylic acids is 2. The smallest absolute Gasteiger partial charge is 0.323 e. The average Bonchev–Trinajstić information content (AvgIpc) is 3.70. The van der Waals surface area contributed by atoms with Gasteiger partial charge in [-0.2, -0.15) is 5.10 Å². The molecular formula is C29H33ClN6O5. The summed E-state index contributed by atoms with van der Waals surface area (Å²) in [6.07, 6.45) is 2.55. The molecule has 5 rings (SSSR count). The van der Waals surface area contributed by atoms with E-state index in [0.29, 0.717) is 48.4 Å². The molecule has 216 valence electrons. The minimum atomic E-state index is -0.951. The number of amides is 3. The highest BCUT2D eigenvalue weighted by molar-refractivity contribution is 6.30. The van der Waals surface area contributed by atoms with Crippen molar-refractivity contribution in [1.82, 2.24) is 19.6 Å². The predicted octanol–water partition coefficient (Wildman–Crippen LogP) is 4.40. The van der Waals surface area contributed by atoms with E-state index in [0.717, 1.165) is 24.2 Å². The number of ether oxygens (including phenoxy) is 1. The van der Waals surface area contributed by atoms with Gasteiger partial charge in [-0.1, -0.05) is 11.6 Å². The van der Waals surface area contributed by atoms with Gasteiger partial charge in [-0.05, 0) is 61.9 Å². The van der Waals surface area contributed by atoms with Crippen molar-refractivity contribution in [2.24, 2.45) is 0 Å². The van der Waals surface area contributed by atoms with Gasteiger partial charge in [0.2, 0.25) is 5.91 Å². The van der Waals surface area contributed by atoms with E-state index >= 15 is 0 Å². The summed E-state index contributed by atoms with van der Waals surface area (Å²) in [5, 5.41) is 19.5. The van der Waals surface area contributed by atoms with Gasteiger partial charge in [-0.25, -0.2) is 4.79 Å². The maximum absolute atomic E-state index is 12.6. The van der Waals surface area contributed by atoms with E-state index in [1.165, 1.54) is 0 Å². The van der Waals surface area contributed by atoms with E-state index in [-0.39, 0.29) is 36.9 Å². The number of hydrogen-bond acceptors (Lipinski definition) is 6. The van der Waals surface area contributed by atoms with E-state index < -0.39 is 5.97 Å². The molecule has 12 heteroatoms. The van der Waals surface area contributed by atoms with E-state index in [1.807, 2.05) is 34.7 Å². The third-order valence-corrected chi connectivity index (χ3v) is 7.75. The molecule has 2 bridgehead atoms. The number of halogens is 1. The summed E-state index contributed by atoms with van der Waals surface area (Å²) in [7, 11) is 0. The lowest BCUT2D eigenvalue weighted by atomic mass is 10.1. The molecule has 0 radical (unpaired) electrons. The molecule has 2 aliphatic rings. The van der Waals surface area contributed by atoms with E-state index in [2.05, 4.69) is 20.6 Å². The second-order valence-electron chi connectivity index (χ2n) is 10.2. The van der Waals surface area contributed by atoms with Crippen molar-refractivity contribution in [2.75, 3.05) is 36.9 Å². The van der Waals surface area contributed by atoms with E-state index in [4.69, 9.17) is 21.4 Å². The predicted molar refractivity (Wildman–Crippen MR) is 155 cm³/mol. The molecule has 2 atom stereocenters. The number of anilines is 2. The van der Waals surface area contributed by atoms with Crippen LogP contribution in [0.3, 0.4) is 0 Å². The standard InChI is InChI=1S/C29H33ClN6O5/c1-2-36-25(11-12-31-36)24-15-21(33-29(40)32-20-5-3-19(30)4-6-20)7-8-26(24)41-14-13-34-17-23-16-22(34)18-35(23)27(37)9-10-28(38)39/h3-8,11-12,15,22-23H,2,9-10,13-14,16-18H2,1H3,(H,38,39)(H2,32,33,40). The van der Waals surface area contributed by atoms with Crippen LogP contribution in [0.2, 0.25) is 5.02 Å². The molecule has 3 aromatic rings. The van der Waals surface area contributed by atoms with Crippen molar-refractivity contribution in [3.05, 3.63) is 59.8 Å². The van der Waals surface area contributed by atoms with Crippen molar-refractivity contribution in [1.29, 1.82) is 0 Å². The maximum atomic E-state index is 12.6. The van der Waals surface area contributed by atoms with Crippen molar-refractivity contribution in [3.8, 4) is 17.0 Å². The summed E-state index contributed by atoms with van der Waals surface area (Å²) in [6, 6.07) is 14.3. The first-order valence-corrected chi connectivity index (χ1v) is 14.1. The van der Waals surface area contributed by atoms with Crippen LogP contribution >= 0.6 is 11.6 Å². The lowest BCUT2D eigenvalue weighted by molar-refractivity contribution is -0.141. The fourth-order valence-electron chi connectivity index (χ4n) is 5.53. The Labute approximate surface area is 243 Å². The number of carbonyl (C=O) groups is 3. The molecule has 0 spiro atoms. The Hall–Kier alpha value is -4.09. The molecule has 0 aliphatic carbocycles. The van der Waals surface area contributed by atoms with Crippen LogP contribution in [0.15, 0.2) is 54.7 Å². The maximum Gasteiger partial charge on any atom is 0.323 e. The van der Waals surface area contributed by atoms with Gasteiger partial charge in [0, 0.05) is 72.8 Å². The molecule has 2 unspecified atom stereocenters. The van der Waals surface area contributed by atoms with Gasteiger partial charge in [-0.15, -0.1) is 0 Å². The zero-order valence-electron chi connectivity index (χ0n) is 22.8. The lowest BCUT2D eigenvalue weighted by Gasteiger charge is -2.34. The Morgan fingerprint density at radius 1 is 1.02 bits per heavy atom. The Bertz CT molecular complexity index is 1410. The summed E-state index contributed by atoms with van der Waals surface area (Å²) in [5.74, 6) is -0.352. The first-order chi connectivity index (χ1) is 19.8. The Morgan fingerprint density at radius 2 is 1.78 bits per heavy atom. The summed E-state index contributed by atoms with van der Waals surface area (Å²) in [5.41, 5.74) is 2.92. The topological polar surface area (TPSA) is 129 Å². The molecule has 11 nitrogen and oxygen atoms in total. The lowest BCUT2D eigenvalue weighted by Crippen LogP contribution is -2.49. The van der Waals surface area contributed by atoms with Gasteiger partial charge in [0.1, 0.15) is 12.4 Å². The van der Waals surface area contributed by atoms with Crippen LogP contribution < -0.4 is 15.4 Å². The van der Waals surface area contributed by atoms with Crippen LogP contribution in [0.5, 0.6) is 5.75 Å². The van der Waals surface area contributed by atoms with Gasteiger partial charge >= 0.3 is 12.0 Å². The molecule has 2 aromatic carbocycles. The number of benzene rings is 2. The fourth-order valence-corrected chi connectivity index (χ4v) is 5.66. The monoisotopic (exact) mass is 580 g/mol. The first kappa shape index (κ1) is 28.4. The summed E-state index contributed by atoms with van der Waals surface area (Å²) in [6.45, 7) is 5.23. The fraction of sp³-hybridized carbons (Fsp3) is 0.379. The van der Waals surface area contributed by atoms with Crippen molar-refractivity contribution < 1.29 is 24.2 Å². The molecule has 2 aliphatic heterocycles. The van der Waals surface area contributed by atoms with E-state index in [1.54, 1.807) is 36.5 Å². The number of fused-ring (bicyclic) bond motifs is 2. The van der Waals surface area contributed by atoms with Crippen LogP contribution in [-0.2, 0) is 16.1 Å². The number of aromatic nitrogens is 2. The van der Waals surface area contributed by atoms with E-state index in [9.17, 15) is 14.4 Å². The number of aliphatic carboxylic acids is 1. The SMILES string of the molecule is CCn1nccc1-c1cc(NC(=O)Nc2ccc(Cl)cc2)ccc1OCCN1CC2CC1CN2C(=O)CCC(=O)O. The van der Waals surface area contributed by atoms with Crippen LogP contribution in [0.4, 0.5) is 16.2 Å². The minimum Gasteiger partial charge on any atom is -0.492 e. The summed E-state index contributed by atoms with van der Waals surface area (Å²) < 4.78 is 8.14. The number of aryl methyl sites for hydroxylation is 1. The van der Waals surface area contributed by atoms with Crippen molar-refractivity contribution in [3.63, 3.8) is 0 Å². The molecule has 2 fully saturated rings. The number of carboxylic acid groups (broad SMARTS) is 1. The second-order valence-corrected chi connectivity index (χ2v) is 10.6. The van der Waals surface area contributed by atoms with Crippen LogP contribution in [0.25, 0.3) is 11.3 Å². The Balaban J connectivity index is 1.21. The average molecular weight is 581 g/mol. The molecule has 3 N–H and O–H groups in total. The minimum absolute atomic E-state index is 0.0480. The number of nitrogens with zero attached hydrogens (tertiary/aromatic N) is 4. The number of piperazine rings is 1. The van der Waals surface area contributed by atoms with Crippen LogP contribution in [0, 0.1) is 0 Å². The third kappa shape index (κ3) is 6.80. The van der Waals surface area contributed by atoms with Gasteiger partial charge in [0.25, 0.3) is 0 Å². The molecule has 1 aromatic heterocycles. The van der Waals surface area contributed by atoms with Crippen molar-refractivity contribution >= 4 is 40.9 Å². The number of urea groups is 1. The zero-order chi connectivity index (χ0) is 28.9. The van der Waals surface area contributed by atoms with Gasteiger partial charge in [0.15, 0.2) is 0 Å². The van der Waals surface area contributed by atoms with Gasteiger partial charge < -0.3 is 25.4 Å². The molecule has 3 heterocycles. The quantitative estimate of drug-likeness (QED) is 0.307. The van der Waals surface area contributed by atoms with Gasteiger partial charge in [0.05, 0.1) is 12.1 Å². The van der Waals surface area contributed by atoms with Gasteiger partial charge in [-0.3, -0.25) is 19.2 Å². The molecule has 41 heavy (non-hydrogen) atoms. The number of carboxylic acids is 1. The van der Waals surface area contributed by atoms with Crippen molar-refractivity contribution in [2.45, 2.75) is 44.8 Å². The number of likely N-dealkylation sites (tertiary alicyclic amines) is 2. The Kier molecular flexibility index (Phi) is 8.75. The molecule has 3 amide bonds. The largest absolute Gasteiger partial charge is 0.492 e. The third-order valence-electron chi connectivity index (χ3n) is 7.49. The highest BCUT2D eigenvalue weighted by atomic mass is 35.5. The second kappa shape index (κ2) is 12.6. The molecule has 0 saturated carbocycles. The first-order valence-electron chi connectivity index (χ1n) is 13.7. The normalized spacial score (nSPS) is 18.0. The Morgan fingerprint density at radius 3 is 2.49 bits per heavy atom. The molecular weight excluding hydrogens is 548 g/mol. The number of rotatable bonds is 11. The summed E-state index contributed by atoms with van der Waals surface area (Å²) in [4.78, 5) is 40.0. The number of hydrogen-bond donors (Lipinski definition) is 3. The van der Waals surface area contributed by atoms with Crippen LogP contribution in [-0.4, -0.2) is 80.9 Å². The highest BCUT2D eigenvalue weighted by Crippen LogP contribution is 2.34. The molecule has 2 saturated heterocycles. The number of nitrogens with one attached hydrogen (secondary N) is 2. The highest BCUT2D eigenvalue weighted by Gasteiger charge is 2.44. The summed E-state index contributed by atoms with van der Waals surface area (Å²) >= 11 is 5.93. The zero-order valence-corrected chi connectivity index (χ0v) is 23.5.